The quantitative estimate of drug-likeness (QED) is 0.891. The van der Waals surface area contributed by atoms with Crippen LogP contribution in [0.5, 0.6) is 5.75 Å². The molecule has 2 N–H and O–H groups in total. The second kappa shape index (κ2) is 5.08. The number of aryl methyl sites for hydroxylation is 1. The van der Waals surface area contributed by atoms with Crippen molar-refractivity contribution in [2.45, 2.75) is 31.8 Å². The molecule has 1 aliphatic carbocycles. The third kappa shape index (κ3) is 2.40. The van der Waals surface area contributed by atoms with Gasteiger partial charge in [0.05, 0.1) is 11.2 Å². The largest absolute Gasteiger partial charge is 0.508 e. The van der Waals surface area contributed by atoms with Gasteiger partial charge in [-0.05, 0) is 42.5 Å². The van der Waals surface area contributed by atoms with Crippen molar-refractivity contribution in [3.05, 3.63) is 45.9 Å². The first-order valence-electron chi connectivity index (χ1n) is 6.25. The van der Waals surface area contributed by atoms with Gasteiger partial charge in [0.2, 0.25) is 0 Å². The lowest BCUT2D eigenvalue weighted by Gasteiger charge is -2.26. The van der Waals surface area contributed by atoms with Gasteiger partial charge in [-0.3, -0.25) is 0 Å². The van der Waals surface area contributed by atoms with Crippen LogP contribution in [0.3, 0.4) is 0 Å². The van der Waals surface area contributed by atoms with E-state index in [1.165, 1.54) is 17.5 Å². The zero-order valence-electron chi connectivity index (χ0n) is 10.1. The first-order valence-corrected chi connectivity index (χ1v) is 7.19. The van der Waals surface area contributed by atoms with E-state index >= 15 is 0 Å². The Balaban J connectivity index is 1.75. The van der Waals surface area contributed by atoms with Crippen LogP contribution in [0.15, 0.2) is 29.1 Å². The second-order valence-corrected chi connectivity index (χ2v) is 5.41. The van der Waals surface area contributed by atoms with Crippen molar-refractivity contribution >= 4 is 11.3 Å². The molecule has 1 aromatic carbocycles. The molecule has 4 heteroatoms. The van der Waals surface area contributed by atoms with Crippen LogP contribution in [0.4, 0.5) is 0 Å². The molecule has 0 saturated heterocycles. The molecule has 3 rings (SSSR count). The number of phenolic OH excluding ortho intramolecular Hbond substituents is 1. The zero-order chi connectivity index (χ0) is 12.4. The van der Waals surface area contributed by atoms with Crippen molar-refractivity contribution in [1.82, 2.24) is 10.3 Å². The Morgan fingerprint density at radius 3 is 3.22 bits per heavy atom. The summed E-state index contributed by atoms with van der Waals surface area (Å²) in [6.45, 7) is 0.814. The highest BCUT2D eigenvalue weighted by Gasteiger charge is 2.19. The Morgan fingerprint density at radius 2 is 2.39 bits per heavy atom. The molecule has 1 atom stereocenters. The third-order valence-corrected chi connectivity index (χ3v) is 4.09. The first kappa shape index (κ1) is 11.7. The molecule has 0 saturated carbocycles. The van der Waals surface area contributed by atoms with Crippen molar-refractivity contribution in [3.8, 4) is 5.75 Å². The summed E-state index contributed by atoms with van der Waals surface area (Å²) in [6, 6.07) is 6.10. The van der Waals surface area contributed by atoms with E-state index in [0.717, 1.165) is 25.1 Å². The average Bonchev–Trinajstić information content (AvgIpc) is 2.89. The molecule has 1 unspecified atom stereocenters. The van der Waals surface area contributed by atoms with Gasteiger partial charge in [0, 0.05) is 18.0 Å². The molecule has 94 valence electrons. The highest BCUT2D eigenvalue weighted by Crippen LogP contribution is 2.31. The summed E-state index contributed by atoms with van der Waals surface area (Å²) in [7, 11) is 0. The molecule has 2 aromatic rings. The number of benzene rings is 1. The number of nitrogens with zero attached hydrogens (tertiary/aromatic N) is 1. The molecule has 18 heavy (non-hydrogen) atoms. The minimum absolute atomic E-state index is 0.369. The third-order valence-electron chi connectivity index (χ3n) is 3.45. The fraction of sp³-hybridized carbons (Fsp3) is 0.357. The van der Waals surface area contributed by atoms with Gasteiger partial charge in [0.15, 0.2) is 0 Å². The van der Waals surface area contributed by atoms with Crippen molar-refractivity contribution < 1.29 is 5.11 Å². The molecule has 1 aliphatic rings. The Labute approximate surface area is 111 Å². The predicted octanol–water partition coefficient (Wildman–Crippen LogP) is 3.02. The summed E-state index contributed by atoms with van der Waals surface area (Å²) in [4.78, 5) is 4.29. The van der Waals surface area contributed by atoms with Gasteiger partial charge in [0.25, 0.3) is 0 Å². The number of thiazole rings is 1. The van der Waals surface area contributed by atoms with Crippen LogP contribution in [0.1, 0.15) is 35.7 Å². The van der Waals surface area contributed by atoms with Gasteiger partial charge < -0.3 is 10.4 Å². The smallest absolute Gasteiger partial charge is 0.115 e. The number of fused-ring (bicyclic) bond motifs is 1. The molecule has 0 amide bonds. The number of nitrogens with one attached hydrogen (secondary N) is 1. The van der Waals surface area contributed by atoms with Crippen molar-refractivity contribution in [2.24, 2.45) is 0 Å². The van der Waals surface area contributed by atoms with E-state index < -0.39 is 0 Å². The number of aromatic nitrogens is 1. The van der Waals surface area contributed by atoms with Crippen molar-refractivity contribution in [3.63, 3.8) is 0 Å². The van der Waals surface area contributed by atoms with E-state index in [-0.39, 0.29) is 0 Å². The van der Waals surface area contributed by atoms with Crippen LogP contribution in [0.25, 0.3) is 0 Å². The average molecular weight is 260 g/mol. The Kier molecular flexibility index (Phi) is 3.30. The molecular weight excluding hydrogens is 244 g/mol. The van der Waals surface area contributed by atoms with E-state index in [4.69, 9.17) is 0 Å². The minimum Gasteiger partial charge on any atom is -0.508 e. The van der Waals surface area contributed by atoms with Gasteiger partial charge in [-0.25, -0.2) is 4.98 Å². The van der Waals surface area contributed by atoms with Crippen LogP contribution in [-0.4, -0.2) is 10.1 Å². The molecule has 0 aliphatic heterocycles. The molecule has 1 heterocycles. The lowest BCUT2D eigenvalue weighted by molar-refractivity contribution is 0.448. The van der Waals surface area contributed by atoms with Crippen LogP contribution in [0, 0.1) is 0 Å². The van der Waals surface area contributed by atoms with Crippen molar-refractivity contribution in [1.29, 1.82) is 0 Å². The monoisotopic (exact) mass is 260 g/mol. The van der Waals surface area contributed by atoms with E-state index in [1.807, 2.05) is 17.6 Å². The number of hydrogen-bond donors (Lipinski definition) is 2. The molecular formula is C14H16N2OS. The number of aromatic hydroxyl groups is 1. The topological polar surface area (TPSA) is 45.1 Å². The maximum Gasteiger partial charge on any atom is 0.115 e. The standard InChI is InChI=1S/C14H16N2OS/c17-12-4-5-13-10(6-12)2-1-3-14(13)15-7-11-8-18-9-16-11/h4-6,8-9,14-15,17H,1-3,7H2. The normalized spacial score (nSPS) is 18.6. The van der Waals surface area contributed by atoms with Crippen LogP contribution >= 0.6 is 11.3 Å². The lowest BCUT2D eigenvalue weighted by atomic mass is 9.87. The fourth-order valence-corrected chi connectivity index (χ4v) is 3.12. The van der Waals surface area contributed by atoms with E-state index in [2.05, 4.69) is 15.7 Å². The van der Waals surface area contributed by atoms with Gasteiger partial charge in [-0.2, -0.15) is 0 Å². The summed E-state index contributed by atoms with van der Waals surface area (Å²) < 4.78 is 0. The Bertz CT molecular complexity index is 525. The number of phenols is 1. The molecule has 3 nitrogen and oxygen atoms in total. The van der Waals surface area contributed by atoms with E-state index in [9.17, 15) is 5.11 Å². The fourth-order valence-electron chi connectivity index (χ4n) is 2.57. The van der Waals surface area contributed by atoms with Gasteiger partial charge in [-0.15, -0.1) is 11.3 Å². The second-order valence-electron chi connectivity index (χ2n) is 4.69. The molecule has 0 fully saturated rings. The van der Waals surface area contributed by atoms with Crippen LogP contribution in [-0.2, 0) is 13.0 Å². The summed E-state index contributed by atoms with van der Waals surface area (Å²) in [6.07, 6.45) is 3.39. The first-order chi connectivity index (χ1) is 8.83. The molecule has 0 spiro atoms. The van der Waals surface area contributed by atoms with Crippen LogP contribution in [0.2, 0.25) is 0 Å². The van der Waals surface area contributed by atoms with E-state index in [0.29, 0.717) is 11.8 Å². The van der Waals surface area contributed by atoms with Gasteiger partial charge >= 0.3 is 0 Å². The summed E-state index contributed by atoms with van der Waals surface area (Å²) >= 11 is 1.63. The van der Waals surface area contributed by atoms with Gasteiger partial charge in [0.1, 0.15) is 5.75 Å². The minimum atomic E-state index is 0.369. The summed E-state index contributed by atoms with van der Waals surface area (Å²) in [5, 5.41) is 15.2. The summed E-state index contributed by atoms with van der Waals surface area (Å²) in [5.74, 6) is 0.369. The van der Waals surface area contributed by atoms with E-state index in [1.54, 1.807) is 17.4 Å². The maximum atomic E-state index is 9.53. The number of rotatable bonds is 3. The predicted molar refractivity (Wildman–Crippen MR) is 72.7 cm³/mol. The maximum absolute atomic E-state index is 9.53. The highest BCUT2D eigenvalue weighted by atomic mass is 32.1. The Morgan fingerprint density at radius 1 is 1.44 bits per heavy atom. The summed E-state index contributed by atoms with van der Waals surface area (Å²) in [5.41, 5.74) is 5.57. The Hall–Kier alpha value is -1.39. The highest BCUT2D eigenvalue weighted by molar-refractivity contribution is 7.07. The lowest BCUT2D eigenvalue weighted by Crippen LogP contribution is -2.24. The molecule has 0 radical (unpaired) electrons. The molecule has 1 aromatic heterocycles. The number of hydrogen-bond acceptors (Lipinski definition) is 4. The van der Waals surface area contributed by atoms with Gasteiger partial charge in [-0.1, -0.05) is 6.07 Å². The van der Waals surface area contributed by atoms with Crippen molar-refractivity contribution in [2.75, 3.05) is 0 Å². The molecule has 0 bridgehead atoms. The zero-order valence-corrected chi connectivity index (χ0v) is 10.9. The van der Waals surface area contributed by atoms with Crippen LogP contribution < -0.4 is 5.32 Å². The SMILES string of the molecule is Oc1ccc2c(c1)CCCC2NCc1cscn1.